The molecular formula is C15H30N2. The van der Waals surface area contributed by atoms with Gasteiger partial charge >= 0.3 is 0 Å². The van der Waals surface area contributed by atoms with Gasteiger partial charge in [-0.05, 0) is 71.0 Å². The number of nitrogens with one attached hydrogen (secondary N) is 1. The lowest BCUT2D eigenvalue weighted by Crippen LogP contribution is -2.41. The van der Waals surface area contributed by atoms with E-state index in [9.17, 15) is 0 Å². The first-order valence-electron chi connectivity index (χ1n) is 7.73. The molecule has 100 valence electrons. The Balaban J connectivity index is 1.61. The second-order valence-electron chi connectivity index (χ2n) is 6.30. The van der Waals surface area contributed by atoms with E-state index >= 15 is 0 Å². The Morgan fingerprint density at radius 2 is 2.06 bits per heavy atom. The van der Waals surface area contributed by atoms with Gasteiger partial charge in [0.05, 0.1) is 0 Å². The van der Waals surface area contributed by atoms with Crippen molar-refractivity contribution in [2.45, 2.75) is 70.9 Å². The molecule has 0 amide bonds. The fraction of sp³-hybridized carbons (Fsp3) is 1.00. The zero-order valence-electron chi connectivity index (χ0n) is 11.8. The van der Waals surface area contributed by atoms with Crippen molar-refractivity contribution in [1.82, 2.24) is 10.2 Å². The van der Waals surface area contributed by atoms with Gasteiger partial charge in [0.15, 0.2) is 0 Å². The highest BCUT2D eigenvalue weighted by Gasteiger charge is 2.22. The number of hydrogen-bond acceptors (Lipinski definition) is 2. The largest absolute Gasteiger partial charge is 0.314 e. The van der Waals surface area contributed by atoms with Crippen LogP contribution in [0.5, 0.6) is 0 Å². The predicted molar refractivity (Wildman–Crippen MR) is 74.3 cm³/mol. The van der Waals surface area contributed by atoms with E-state index in [2.05, 4.69) is 24.1 Å². The maximum atomic E-state index is 3.66. The molecule has 3 unspecified atom stereocenters. The number of rotatable bonds is 4. The standard InChI is InChI=1S/C15H30N2/c1-13-8-11-17(14(2)12-13)10-5-7-15-6-3-4-9-16-15/h13-16H,3-12H2,1-2H3. The molecule has 0 aromatic carbocycles. The van der Waals surface area contributed by atoms with Crippen LogP contribution in [0.4, 0.5) is 0 Å². The minimum Gasteiger partial charge on any atom is -0.314 e. The predicted octanol–water partition coefficient (Wildman–Crippen LogP) is 3.03. The molecule has 17 heavy (non-hydrogen) atoms. The highest BCUT2D eigenvalue weighted by atomic mass is 15.2. The minimum absolute atomic E-state index is 0.818. The van der Waals surface area contributed by atoms with Crippen molar-refractivity contribution in [1.29, 1.82) is 0 Å². The summed E-state index contributed by atoms with van der Waals surface area (Å²) in [6, 6.07) is 1.64. The Hall–Kier alpha value is -0.0800. The minimum atomic E-state index is 0.818. The smallest absolute Gasteiger partial charge is 0.00694 e. The van der Waals surface area contributed by atoms with Crippen molar-refractivity contribution in [2.24, 2.45) is 5.92 Å². The van der Waals surface area contributed by atoms with Crippen LogP contribution in [-0.2, 0) is 0 Å². The van der Waals surface area contributed by atoms with Crippen LogP contribution in [0.1, 0.15) is 58.8 Å². The zero-order valence-corrected chi connectivity index (χ0v) is 11.8. The van der Waals surface area contributed by atoms with Gasteiger partial charge in [-0.25, -0.2) is 0 Å². The molecule has 0 radical (unpaired) electrons. The van der Waals surface area contributed by atoms with Crippen molar-refractivity contribution in [3.63, 3.8) is 0 Å². The van der Waals surface area contributed by atoms with Crippen LogP contribution < -0.4 is 5.32 Å². The van der Waals surface area contributed by atoms with Crippen LogP contribution >= 0.6 is 0 Å². The van der Waals surface area contributed by atoms with Gasteiger partial charge in [0.1, 0.15) is 0 Å². The molecule has 2 nitrogen and oxygen atoms in total. The summed E-state index contributed by atoms with van der Waals surface area (Å²) in [5, 5.41) is 3.66. The van der Waals surface area contributed by atoms with Crippen molar-refractivity contribution in [3.8, 4) is 0 Å². The Bertz CT molecular complexity index is 211. The molecule has 2 saturated heterocycles. The summed E-state index contributed by atoms with van der Waals surface area (Å²) in [7, 11) is 0. The van der Waals surface area contributed by atoms with E-state index in [4.69, 9.17) is 0 Å². The molecule has 2 fully saturated rings. The summed E-state index contributed by atoms with van der Waals surface area (Å²) >= 11 is 0. The Kier molecular flexibility index (Phi) is 5.30. The van der Waals surface area contributed by atoms with Gasteiger partial charge in [-0.15, -0.1) is 0 Å². The Labute approximate surface area is 107 Å². The summed E-state index contributed by atoms with van der Waals surface area (Å²) in [6.45, 7) is 8.73. The van der Waals surface area contributed by atoms with Crippen LogP contribution in [0.2, 0.25) is 0 Å². The third-order valence-corrected chi connectivity index (χ3v) is 4.69. The summed E-state index contributed by atoms with van der Waals surface area (Å²) < 4.78 is 0. The van der Waals surface area contributed by atoms with Crippen molar-refractivity contribution < 1.29 is 0 Å². The Morgan fingerprint density at radius 1 is 1.18 bits per heavy atom. The van der Waals surface area contributed by atoms with Crippen LogP contribution in [0, 0.1) is 5.92 Å². The highest BCUT2D eigenvalue weighted by Crippen LogP contribution is 2.22. The van der Waals surface area contributed by atoms with Gasteiger partial charge in [-0.3, -0.25) is 0 Å². The average Bonchev–Trinajstić information content (AvgIpc) is 2.33. The van der Waals surface area contributed by atoms with Crippen LogP contribution in [0.3, 0.4) is 0 Å². The van der Waals surface area contributed by atoms with Gasteiger partial charge in [-0.1, -0.05) is 13.3 Å². The lowest BCUT2D eigenvalue weighted by atomic mass is 9.93. The average molecular weight is 238 g/mol. The third-order valence-electron chi connectivity index (χ3n) is 4.69. The number of likely N-dealkylation sites (tertiary alicyclic amines) is 1. The fourth-order valence-electron chi connectivity index (χ4n) is 3.50. The van der Waals surface area contributed by atoms with Gasteiger partial charge < -0.3 is 10.2 Å². The summed E-state index contributed by atoms with van der Waals surface area (Å²) in [5.74, 6) is 0.946. The second kappa shape index (κ2) is 6.75. The van der Waals surface area contributed by atoms with Crippen LogP contribution in [-0.4, -0.2) is 36.6 Å². The molecule has 0 bridgehead atoms. The molecule has 2 heterocycles. The lowest BCUT2D eigenvalue weighted by Gasteiger charge is -2.37. The van der Waals surface area contributed by atoms with Gasteiger partial charge in [0.2, 0.25) is 0 Å². The van der Waals surface area contributed by atoms with E-state index in [0.717, 1.165) is 18.0 Å². The van der Waals surface area contributed by atoms with E-state index in [1.807, 2.05) is 0 Å². The SMILES string of the molecule is CC1CCN(CCCC2CCCCN2)C(C)C1. The first kappa shape index (κ1) is 13.4. The van der Waals surface area contributed by atoms with E-state index < -0.39 is 0 Å². The molecule has 2 aliphatic rings. The van der Waals surface area contributed by atoms with Gasteiger partial charge in [0.25, 0.3) is 0 Å². The summed E-state index contributed by atoms with van der Waals surface area (Å²) in [5.41, 5.74) is 0. The zero-order chi connectivity index (χ0) is 12.1. The number of hydrogen-bond donors (Lipinski definition) is 1. The topological polar surface area (TPSA) is 15.3 Å². The van der Waals surface area contributed by atoms with Crippen molar-refractivity contribution in [3.05, 3.63) is 0 Å². The maximum absolute atomic E-state index is 3.66. The maximum Gasteiger partial charge on any atom is 0.00694 e. The molecular weight excluding hydrogens is 208 g/mol. The first-order valence-corrected chi connectivity index (χ1v) is 7.73. The molecule has 2 aliphatic heterocycles. The highest BCUT2D eigenvalue weighted by molar-refractivity contribution is 4.78. The quantitative estimate of drug-likeness (QED) is 0.810. The van der Waals surface area contributed by atoms with Crippen molar-refractivity contribution >= 4 is 0 Å². The van der Waals surface area contributed by atoms with Crippen molar-refractivity contribution in [2.75, 3.05) is 19.6 Å². The van der Waals surface area contributed by atoms with Gasteiger partial charge in [-0.2, -0.15) is 0 Å². The number of piperidine rings is 2. The molecule has 0 aromatic heterocycles. The summed E-state index contributed by atoms with van der Waals surface area (Å²) in [4.78, 5) is 2.71. The van der Waals surface area contributed by atoms with Crippen LogP contribution in [0.15, 0.2) is 0 Å². The van der Waals surface area contributed by atoms with E-state index in [1.54, 1.807) is 0 Å². The molecule has 0 aliphatic carbocycles. The molecule has 3 atom stereocenters. The molecule has 2 rings (SSSR count). The first-order chi connectivity index (χ1) is 8.25. The lowest BCUT2D eigenvalue weighted by molar-refractivity contribution is 0.125. The second-order valence-corrected chi connectivity index (χ2v) is 6.30. The molecule has 0 spiro atoms. The summed E-state index contributed by atoms with van der Waals surface area (Å²) in [6.07, 6.45) is 9.82. The third kappa shape index (κ3) is 4.26. The van der Waals surface area contributed by atoms with Crippen LogP contribution in [0.25, 0.3) is 0 Å². The molecule has 0 saturated carbocycles. The molecule has 1 N–H and O–H groups in total. The molecule has 2 heteroatoms. The number of nitrogens with zero attached hydrogens (tertiary/aromatic N) is 1. The fourth-order valence-corrected chi connectivity index (χ4v) is 3.50. The molecule has 0 aromatic rings. The Morgan fingerprint density at radius 3 is 2.76 bits per heavy atom. The normalized spacial score (nSPS) is 36.0. The van der Waals surface area contributed by atoms with Gasteiger partial charge in [0, 0.05) is 12.1 Å². The van der Waals surface area contributed by atoms with E-state index in [0.29, 0.717) is 0 Å². The van der Waals surface area contributed by atoms with E-state index in [1.165, 1.54) is 64.6 Å². The monoisotopic (exact) mass is 238 g/mol. The van der Waals surface area contributed by atoms with E-state index in [-0.39, 0.29) is 0 Å².